The van der Waals surface area contributed by atoms with Gasteiger partial charge in [0.25, 0.3) is 0 Å². The molecule has 3 rings (SSSR count). The summed E-state index contributed by atoms with van der Waals surface area (Å²) in [5.74, 6) is -11.0. The second-order valence-electron chi connectivity index (χ2n) is 20.6. The number of carboxylic acid groups (broad SMARTS) is 1. The van der Waals surface area contributed by atoms with Gasteiger partial charge in [-0.3, -0.25) is 47.9 Å². The molecule has 10 amide bonds. The number of aliphatic carboxylic acids is 1. The van der Waals surface area contributed by atoms with Gasteiger partial charge >= 0.3 is 5.97 Å². The quantitative estimate of drug-likeness (QED) is 0.0346. The van der Waals surface area contributed by atoms with Crippen LogP contribution < -0.4 is 59.3 Å². The molecule has 0 aliphatic rings. The first kappa shape index (κ1) is 68.8. The molecule has 0 aliphatic carbocycles. The summed E-state index contributed by atoms with van der Waals surface area (Å²) in [5, 5.41) is 33.2. The van der Waals surface area contributed by atoms with Crippen LogP contribution in [0.4, 0.5) is 0 Å². The number of hydrogen-bond donors (Lipinski definition) is 13. The summed E-state index contributed by atoms with van der Waals surface area (Å²) in [4.78, 5) is 148. The molecule has 0 bridgehead atoms. The van der Waals surface area contributed by atoms with E-state index in [1.54, 1.807) is 133 Å². The van der Waals surface area contributed by atoms with Crippen molar-refractivity contribution in [1.29, 1.82) is 0 Å². The maximum absolute atomic E-state index is 14.1. The number of carbonyl (C=O) groups is 11. The maximum atomic E-state index is 14.1. The third-order valence-corrected chi connectivity index (χ3v) is 14.3. The van der Waals surface area contributed by atoms with E-state index in [0.29, 0.717) is 29.7 Å². The minimum Gasteiger partial charge on any atom is -0.480 e. The molecule has 0 fully saturated rings. The van der Waals surface area contributed by atoms with Crippen LogP contribution in [0.25, 0.3) is 0 Å². The molecule has 0 heterocycles. The molecular formula is C57H81N11O12S2. The molecule has 3 aromatic rings. The first-order valence-corrected chi connectivity index (χ1v) is 29.1. The van der Waals surface area contributed by atoms with E-state index in [9.17, 15) is 57.8 Å². The maximum Gasteiger partial charge on any atom is 0.326 e. The predicted molar refractivity (Wildman–Crippen MR) is 314 cm³/mol. The molecule has 0 spiro atoms. The standard InChI is InChI=1S/C57H81N11O12S2/c1-8-34(6)48(68-53(75)43(31-81)61-45(70)30-60-54(76)46(32(2)3)66-51(73)40(27-36-20-14-10-15-21-36)62-49(71)38(58)24-25-82-7)56(78)64-41(29-44(59)69)52(74)67-47(33(4)5)55(77)63-39(26-35-18-12-9-13-19-35)50(72)65-42(57(79)80)28-37-22-16-11-17-23-37/h9-23,32-34,38-43,46-48,81H,8,24-31,58H2,1-7H3,(H2,59,69)(H,60,76)(H,61,70)(H,62,71)(H,63,77)(H,64,78)(H,65,72)(H,66,73)(H,67,74)(H,68,75)(H,79,80)/t34-,38-,39-,40-,41-,42-,43-,46-,47-,48-/m0/s1. The van der Waals surface area contributed by atoms with Crippen molar-refractivity contribution in [3.05, 3.63) is 108 Å². The van der Waals surface area contributed by atoms with Crippen LogP contribution in [0.1, 0.15) is 77.5 Å². The fourth-order valence-electron chi connectivity index (χ4n) is 8.28. The molecular weight excluding hydrogens is 1090 g/mol. The molecule has 448 valence electrons. The van der Waals surface area contributed by atoms with E-state index in [1.807, 2.05) is 6.26 Å². The van der Waals surface area contributed by atoms with E-state index in [1.165, 1.54) is 11.8 Å². The van der Waals surface area contributed by atoms with Crippen molar-refractivity contribution in [1.82, 2.24) is 47.9 Å². The molecule has 0 aliphatic heterocycles. The fourth-order valence-corrected chi connectivity index (χ4v) is 9.03. The van der Waals surface area contributed by atoms with E-state index in [0.717, 1.165) is 5.56 Å². The van der Waals surface area contributed by atoms with Crippen LogP contribution in [-0.4, -0.2) is 149 Å². The number of benzene rings is 3. The monoisotopic (exact) mass is 1180 g/mol. The van der Waals surface area contributed by atoms with Gasteiger partial charge in [0.15, 0.2) is 0 Å². The van der Waals surface area contributed by atoms with Gasteiger partial charge in [-0.25, -0.2) is 4.79 Å². The van der Waals surface area contributed by atoms with Crippen molar-refractivity contribution in [3.8, 4) is 0 Å². The number of carbonyl (C=O) groups excluding carboxylic acids is 10. The normalized spacial score (nSPS) is 14.8. The summed E-state index contributed by atoms with van der Waals surface area (Å²) in [6, 6.07) is 14.5. The van der Waals surface area contributed by atoms with Crippen molar-refractivity contribution in [3.63, 3.8) is 0 Å². The molecule has 0 unspecified atom stereocenters. The molecule has 23 nitrogen and oxygen atoms in total. The zero-order chi connectivity index (χ0) is 61.1. The summed E-state index contributed by atoms with van der Waals surface area (Å²) < 4.78 is 0. The first-order chi connectivity index (χ1) is 38.9. The highest BCUT2D eigenvalue weighted by Crippen LogP contribution is 2.14. The number of rotatable bonds is 35. The number of hydrogen-bond acceptors (Lipinski definition) is 14. The number of nitrogens with one attached hydrogen (secondary N) is 9. The van der Waals surface area contributed by atoms with Gasteiger partial charge in [0.05, 0.1) is 19.0 Å². The van der Waals surface area contributed by atoms with Gasteiger partial charge in [-0.05, 0) is 52.9 Å². The Balaban J connectivity index is 1.73. The van der Waals surface area contributed by atoms with Gasteiger partial charge in [-0.2, -0.15) is 24.4 Å². The van der Waals surface area contributed by atoms with Gasteiger partial charge in [0.1, 0.15) is 48.3 Å². The lowest BCUT2D eigenvalue weighted by Crippen LogP contribution is -2.62. The second-order valence-corrected chi connectivity index (χ2v) is 21.9. The zero-order valence-corrected chi connectivity index (χ0v) is 49.1. The number of carboxylic acids is 1. The smallest absolute Gasteiger partial charge is 0.326 e. The minimum absolute atomic E-state index is 0.0528. The van der Waals surface area contributed by atoms with Crippen LogP contribution in [0.15, 0.2) is 91.0 Å². The summed E-state index contributed by atoms with van der Waals surface area (Å²) in [6.45, 7) is 9.24. The largest absolute Gasteiger partial charge is 0.480 e. The summed E-state index contributed by atoms with van der Waals surface area (Å²) in [6.07, 6.45) is 1.78. The van der Waals surface area contributed by atoms with Crippen LogP contribution in [0.2, 0.25) is 0 Å². The van der Waals surface area contributed by atoms with Crippen LogP contribution in [0.3, 0.4) is 0 Å². The Morgan fingerprint density at radius 1 is 0.512 bits per heavy atom. The summed E-state index contributed by atoms with van der Waals surface area (Å²) >= 11 is 5.76. The SMILES string of the molecule is CC[C@H](C)[C@H](NC(=O)[C@H](CS)NC(=O)CNC(=O)[C@@H](NC(=O)[C@H](Cc1ccccc1)NC(=O)[C@@H](N)CCSC)C(C)C)C(=O)N[C@@H](CC(N)=O)C(=O)N[C@H](C(=O)N[C@@H](Cc1ccccc1)C(=O)N[C@@H](Cc1ccccc1)C(=O)O)C(C)C. The Morgan fingerprint density at radius 3 is 1.34 bits per heavy atom. The highest BCUT2D eigenvalue weighted by molar-refractivity contribution is 7.98. The van der Waals surface area contributed by atoms with E-state index < -0.39 is 150 Å². The first-order valence-electron chi connectivity index (χ1n) is 27.1. The Kier molecular flexibility index (Phi) is 29.7. The predicted octanol–water partition coefficient (Wildman–Crippen LogP) is 0.0374. The highest BCUT2D eigenvalue weighted by Gasteiger charge is 2.37. The Hall–Kier alpha value is -7.51. The van der Waals surface area contributed by atoms with E-state index >= 15 is 0 Å². The summed E-state index contributed by atoms with van der Waals surface area (Å²) in [5.41, 5.74) is 13.6. The van der Waals surface area contributed by atoms with Crippen molar-refractivity contribution in [2.45, 2.75) is 134 Å². The van der Waals surface area contributed by atoms with E-state index in [2.05, 4.69) is 60.5 Å². The van der Waals surface area contributed by atoms with Crippen LogP contribution >= 0.6 is 24.4 Å². The molecule has 3 aromatic carbocycles. The van der Waals surface area contributed by atoms with Crippen LogP contribution in [0.5, 0.6) is 0 Å². The topological polar surface area (TPSA) is 368 Å². The van der Waals surface area contributed by atoms with Crippen molar-refractivity contribution in [2.75, 3.05) is 24.3 Å². The summed E-state index contributed by atoms with van der Waals surface area (Å²) in [7, 11) is 0. The Labute approximate surface area is 488 Å². The molecule has 82 heavy (non-hydrogen) atoms. The Morgan fingerprint density at radius 2 is 0.902 bits per heavy atom. The van der Waals surface area contributed by atoms with Gasteiger partial charge in [0, 0.05) is 25.0 Å². The number of thioether (sulfide) groups is 1. The average Bonchev–Trinajstić information content (AvgIpc) is 3.45. The fraction of sp³-hybridized carbons (Fsp3) is 0.491. The zero-order valence-electron chi connectivity index (χ0n) is 47.4. The lowest BCUT2D eigenvalue weighted by Gasteiger charge is -2.29. The molecule has 0 radical (unpaired) electrons. The van der Waals surface area contributed by atoms with Crippen molar-refractivity contribution < 1.29 is 57.8 Å². The van der Waals surface area contributed by atoms with Crippen molar-refractivity contribution >= 4 is 89.4 Å². The van der Waals surface area contributed by atoms with Gasteiger partial charge in [0.2, 0.25) is 59.1 Å². The third kappa shape index (κ3) is 23.5. The Bertz CT molecular complexity index is 2620. The van der Waals surface area contributed by atoms with Crippen LogP contribution in [-0.2, 0) is 72.0 Å². The van der Waals surface area contributed by atoms with Crippen molar-refractivity contribution in [2.24, 2.45) is 29.2 Å². The van der Waals surface area contributed by atoms with Gasteiger partial charge in [-0.15, -0.1) is 0 Å². The molecule has 25 heteroatoms. The van der Waals surface area contributed by atoms with Crippen LogP contribution in [0, 0.1) is 17.8 Å². The highest BCUT2D eigenvalue weighted by atomic mass is 32.2. The lowest BCUT2D eigenvalue weighted by molar-refractivity contribution is -0.142. The number of thiol groups is 1. The lowest BCUT2D eigenvalue weighted by atomic mass is 9.97. The molecule has 10 atom stereocenters. The molecule has 0 saturated carbocycles. The van der Waals surface area contributed by atoms with E-state index in [4.69, 9.17) is 11.5 Å². The van der Waals surface area contributed by atoms with Gasteiger partial charge in [-0.1, -0.05) is 139 Å². The average molecular weight is 1180 g/mol. The number of primary amides is 1. The number of nitrogens with two attached hydrogens (primary N) is 2. The second kappa shape index (κ2) is 35.4. The van der Waals surface area contributed by atoms with Gasteiger partial charge < -0.3 is 64.4 Å². The third-order valence-electron chi connectivity index (χ3n) is 13.3. The van der Waals surface area contributed by atoms with E-state index in [-0.39, 0.29) is 25.0 Å². The molecule has 0 saturated heterocycles. The minimum atomic E-state index is -1.69. The molecule has 0 aromatic heterocycles. The molecule has 14 N–H and O–H groups in total. The number of amides is 10.